The third-order valence-electron chi connectivity index (χ3n) is 3.76. The molecule has 1 aliphatic rings. The number of aliphatic carboxylic acids is 1. The van der Waals surface area contributed by atoms with Crippen LogP contribution in [0, 0.1) is 0 Å². The molecule has 0 saturated heterocycles. The summed E-state index contributed by atoms with van der Waals surface area (Å²) < 4.78 is 0. The minimum Gasteiger partial charge on any atom is -0.480 e. The first-order valence-electron chi connectivity index (χ1n) is 7.14. The number of hydrogen-bond donors (Lipinski definition) is 2. The van der Waals surface area contributed by atoms with E-state index in [0.717, 1.165) is 17.8 Å². The lowest BCUT2D eigenvalue weighted by Gasteiger charge is -2.35. The van der Waals surface area contributed by atoms with Crippen LogP contribution in [0.2, 0.25) is 0 Å². The largest absolute Gasteiger partial charge is 0.480 e. The first-order valence-corrected chi connectivity index (χ1v) is 7.14. The number of rotatable bonds is 4. The van der Waals surface area contributed by atoms with Crippen LogP contribution in [0.5, 0.6) is 0 Å². The van der Waals surface area contributed by atoms with Crippen molar-refractivity contribution in [2.24, 2.45) is 0 Å². The Labute approximate surface area is 125 Å². The van der Waals surface area contributed by atoms with E-state index in [1.54, 1.807) is 0 Å². The first kappa shape index (κ1) is 15.4. The van der Waals surface area contributed by atoms with Crippen molar-refractivity contribution in [3.05, 3.63) is 29.8 Å². The number of fused-ring (bicyclic) bond motifs is 1. The van der Waals surface area contributed by atoms with Crippen molar-refractivity contribution in [1.29, 1.82) is 0 Å². The summed E-state index contributed by atoms with van der Waals surface area (Å²) in [5.74, 6) is -0.996. The molecule has 0 aliphatic carbocycles. The Kier molecular flexibility index (Phi) is 4.21. The van der Waals surface area contributed by atoms with E-state index in [9.17, 15) is 9.59 Å². The highest BCUT2D eigenvalue weighted by Crippen LogP contribution is 2.34. The summed E-state index contributed by atoms with van der Waals surface area (Å²) >= 11 is 0. The molecule has 0 bridgehead atoms. The van der Waals surface area contributed by atoms with Crippen molar-refractivity contribution < 1.29 is 14.7 Å². The molecule has 1 aromatic rings. The zero-order valence-electron chi connectivity index (χ0n) is 12.7. The Morgan fingerprint density at radius 2 is 2.00 bits per heavy atom. The number of carbonyl (C=O) groups excluding carboxylic acids is 1. The molecule has 1 amide bonds. The summed E-state index contributed by atoms with van der Waals surface area (Å²) in [4.78, 5) is 25.0. The lowest BCUT2D eigenvalue weighted by atomic mass is 9.96. The van der Waals surface area contributed by atoms with Crippen molar-refractivity contribution in [2.45, 2.75) is 38.6 Å². The number of amides is 1. The Hall–Kier alpha value is -2.04. The van der Waals surface area contributed by atoms with Crippen LogP contribution >= 0.6 is 0 Å². The van der Waals surface area contributed by atoms with Crippen molar-refractivity contribution in [3.8, 4) is 0 Å². The SMILES string of the molecule is CC(C)(C)N(CC(=O)O)C(=O)CC1CNc2ccccc21. The van der Waals surface area contributed by atoms with Gasteiger partial charge >= 0.3 is 5.97 Å². The van der Waals surface area contributed by atoms with E-state index in [1.807, 2.05) is 45.0 Å². The smallest absolute Gasteiger partial charge is 0.323 e. The Bertz CT molecular complexity index is 549. The van der Waals surface area contributed by atoms with Gasteiger partial charge in [0.25, 0.3) is 0 Å². The van der Waals surface area contributed by atoms with E-state index >= 15 is 0 Å². The van der Waals surface area contributed by atoms with Gasteiger partial charge in [-0.05, 0) is 32.4 Å². The Morgan fingerprint density at radius 3 is 2.62 bits per heavy atom. The molecule has 1 atom stereocenters. The molecule has 0 saturated carbocycles. The van der Waals surface area contributed by atoms with E-state index in [4.69, 9.17) is 5.11 Å². The first-order chi connectivity index (χ1) is 9.79. The molecular formula is C16H22N2O3. The topological polar surface area (TPSA) is 69.6 Å². The number of anilines is 1. The standard InChI is InChI=1S/C16H22N2O3/c1-16(2,3)18(10-15(20)21)14(19)8-11-9-17-13-7-5-4-6-12(11)13/h4-7,11,17H,8-10H2,1-3H3,(H,20,21). The second-order valence-corrected chi connectivity index (χ2v) is 6.41. The number of benzene rings is 1. The van der Waals surface area contributed by atoms with E-state index in [0.29, 0.717) is 6.42 Å². The minimum atomic E-state index is -0.983. The summed E-state index contributed by atoms with van der Waals surface area (Å²) in [7, 11) is 0. The average molecular weight is 290 g/mol. The third kappa shape index (κ3) is 3.54. The van der Waals surface area contributed by atoms with Crippen LogP contribution in [-0.2, 0) is 9.59 Å². The van der Waals surface area contributed by atoms with Gasteiger partial charge in [-0.3, -0.25) is 9.59 Å². The van der Waals surface area contributed by atoms with Gasteiger partial charge in [-0.15, -0.1) is 0 Å². The maximum Gasteiger partial charge on any atom is 0.323 e. The van der Waals surface area contributed by atoms with Crippen LogP contribution in [-0.4, -0.2) is 40.5 Å². The molecular weight excluding hydrogens is 268 g/mol. The van der Waals surface area contributed by atoms with E-state index in [-0.39, 0.29) is 18.4 Å². The van der Waals surface area contributed by atoms with Crippen molar-refractivity contribution in [3.63, 3.8) is 0 Å². The second-order valence-electron chi connectivity index (χ2n) is 6.41. The maximum atomic E-state index is 12.5. The highest BCUT2D eigenvalue weighted by Gasteiger charge is 2.32. The lowest BCUT2D eigenvalue weighted by molar-refractivity contribution is -0.148. The van der Waals surface area contributed by atoms with Gasteiger partial charge in [0.1, 0.15) is 6.54 Å². The highest BCUT2D eigenvalue weighted by molar-refractivity contribution is 5.83. The van der Waals surface area contributed by atoms with Gasteiger partial charge in [0, 0.05) is 30.1 Å². The maximum absolute atomic E-state index is 12.5. The predicted octanol–water partition coefficient (Wildman–Crippen LogP) is 2.30. The Morgan fingerprint density at radius 1 is 1.33 bits per heavy atom. The van der Waals surface area contributed by atoms with Crippen LogP contribution in [0.1, 0.15) is 38.7 Å². The van der Waals surface area contributed by atoms with Gasteiger partial charge < -0.3 is 15.3 Å². The van der Waals surface area contributed by atoms with Crippen molar-refractivity contribution >= 4 is 17.6 Å². The second kappa shape index (κ2) is 5.76. The van der Waals surface area contributed by atoms with Crippen LogP contribution in [0.3, 0.4) is 0 Å². The fraction of sp³-hybridized carbons (Fsp3) is 0.500. The van der Waals surface area contributed by atoms with E-state index in [1.165, 1.54) is 4.90 Å². The summed E-state index contributed by atoms with van der Waals surface area (Å²) in [6.45, 7) is 6.03. The molecule has 1 unspecified atom stereocenters. The summed E-state index contributed by atoms with van der Waals surface area (Å²) in [5.41, 5.74) is 1.70. The predicted molar refractivity (Wildman–Crippen MR) is 81.4 cm³/mol. The van der Waals surface area contributed by atoms with Crippen LogP contribution in [0.25, 0.3) is 0 Å². The molecule has 5 nitrogen and oxygen atoms in total. The minimum absolute atomic E-state index is 0.104. The van der Waals surface area contributed by atoms with E-state index < -0.39 is 11.5 Å². The van der Waals surface area contributed by atoms with E-state index in [2.05, 4.69) is 5.32 Å². The number of hydrogen-bond acceptors (Lipinski definition) is 3. The van der Waals surface area contributed by atoms with Crippen molar-refractivity contribution in [2.75, 3.05) is 18.4 Å². The molecule has 1 heterocycles. The van der Waals surface area contributed by atoms with Crippen LogP contribution < -0.4 is 5.32 Å². The highest BCUT2D eigenvalue weighted by atomic mass is 16.4. The number of carbonyl (C=O) groups is 2. The molecule has 0 aromatic heterocycles. The lowest BCUT2D eigenvalue weighted by Crippen LogP contribution is -2.48. The number of carboxylic acids is 1. The van der Waals surface area contributed by atoms with Gasteiger partial charge in [0.15, 0.2) is 0 Å². The molecule has 114 valence electrons. The molecule has 0 fully saturated rings. The zero-order valence-corrected chi connectivity index (χ0v) is 12.7. The fourth-order valence-corrected chi connectivity index (χ4v) is 2.69. The molecule has 2 N–H and O–H groups in total. The number of nitrogens with one attached hydrogen (secondary N) is 1. The number of nitrogens with zero attached hydrogens (tertiary/aromatic N) is 1. The van der Waals surface area contributed by atoms with Crippen LogP contribution in [0.15, 0.2) is 24.3 Å². The normalized spacial score (nSPS) is 17.0. The Balaban J connectivity index is 2.11. The summed E-state index contributed by atoms with van der Waals surface area (Å²) in [6, 6.07) is 7.94. The van der Waals surface area contributed by atoms with Crippen molar-refractivity contribution in [1.82, 2.24) is 4.90 Å². The average Bonchev–Trinajstić information content (AvgIpc) is 2.78. The summed E-state index contributed by atoms with van der Waals surface area (Å²) in [5, 5.41) is 12.3. The summed E-state index contributed by atoms with van der Waals surface area (Å²) in [6.07, 6.45) is 0.328. The quantitative estimate of drug-likeness (QED) is 0.892. The van der Waals surface area contributed by atoms with Gasteiger partial charge in [0.2, 0.25) is 5.91 Å². The van der Waals surface area contributed by atoms with Gasteiger partial charge in [-0.1, -0.05) is 18.2 Å². The molecule has 2 rings (SSSR count). The zero-order chi connectivity index (χ0) is 15.6. The fourth-order valence-electron chi connectivity index (χ4n) is 2.69. The van der Waals surface area contributed by atoms with Crippen LogP contribution in [0.4, 0.5) is 5.69 Å². The molecule has 0 spiro atoms. The molecule has 21 heavy (non-hydrogen) atoms. The molecule has 1 aromatic carbocycles. The van der Waals surface area contributed by atoms with Gasteiger partial charge in [0.05, 0.1) is 0 Å². The number of para-hydroxylation sites is 1. The third-order valence-corrected chi connectivity index (χ3v) is 3.76. The number of carboxylic acid groups (broad SMARTS) is 1. The molecule has 0 radical (unpaired) electrons. The molecule has 5 heteroatoms. The monoisotopic (exact) mass is 290 g/mol. The van der Waals surface area contributed by atoms with Gasteiger partial charge in [-0.2, -0.15) is 0 Å². The molecule has 1 aliphatic heterocycles. The van der Waals surface area contributed by atoms with Gasteiger partial charge in [-0.25, -0.2) is 0 Å².